The topological polar surface area (TPSA) is 66.8 Å². The van der Waals surface area contributed by atoms with Crippen LogP contribution in [0.15, 0.2) is 4.99 Å². The van der Waals surface area contributed by atoms with Gasteiger partial charge in [-0.25, -0.2) is 4.98 Å². The highest BCUT2D eigenvalue weighted by molar-refractivity contribution is 14.0. The molecule has 2 rings (SSSR count). The molecule has 1 aliphatic heterocycles. The summed E-state index contributed by atoms with van der Waals surface area (Å²) in [5.41, 5.74) is 1.11. The van der Waals surface area contributed by atoms with Gasteiger partial charge < -0.3 is 15.0 Å². The van der Waals surface area contributed by atoms with Gasteiger partial charge in [-0.05, 0) is 26.7 Å². The Hall–Kier alpha value is -0.900. The predicted molar refractivity (Wildman–Crippen MR) is 113 cm³/mol. The zero-order valence-corrected chi connectivity index (χ0v) is 18.8. The molecule has 1 saturated heterocycles. The Morgan fingerprint density at radius 3 is 2.72 bits per heavy atom. The number of aromatic nitrogens is 1. The van der Waals surface area contributed by atoms with Gasteiger partial charge in [0.1, 0.15) is 0 Å². The first-order valence-corrected chi connectivity index (χ1v) is 9.31. The van der Waals surface area contributed by atoms with Crippen molar-refractivity contribution >= 4 is 47.2 Å². The van der Waals surface area contributed by atoms with Gasteiger partial charge in [0.25, 0.3) is 0 Å². The number of methoxy groups -OCH3 is 1. The molecule has 6 nitrogen and oxygen atoms in total. The van der Waals surface area contributed by atoms with E-state index in [1.54, 1.807) is 11.3 Å². The fourth-order valence-corrected chi connectivity index (χ4v) is 4.02. The standard InChI is InChI=1S/C17H28N4O2S.HI/c1-6-18-17(19-8-7-15-12(3)20-13(4)24-15)21-9-11(2)14(10-21)16(22)23-5;/h11,14H,6-10H2,1-5H3,(H,18,19);1H. The van der Waals surface area contributed by atoms with Crippen LogP contribution < -0.4 is 5.32 Å². The Kier molecular flexibility index (Phi) is 9.12. The summed E-state index contributed by atoms with van der Waals surface area (Å²) in [5, 5.41) is 4.44. The third-order valence-corrected chi connectivity index (χ3v) is 5.48. The molecule has 8 heteroatoms. The number of nitrogens with one attached hydrogen (secondary N) is 1. The van der Waals surface area contributed by atoms with E-state index < -0.39 is 0 Å². The summed E-state index contributed by atoms with van der Waals surface area (Å²) in [5.74, 6) is 0.948. The zero-order chi connectivity index (χ0) is 17.7. The molecule has 0 aromatic carbocycles. The molecule has 0 radical (unpaired) electrons. The maximum absolute atomic E-state index is 11.9. The lowest BCUT2D eigenvalue weighted by atomic mass is 9.99. The first-order chi connectivity index (χ1) is 11.5. The number of aliphatic imine (C=N–C) groups is 1. The fraction of sp³-hybridized carbons (Fsp3) is 0.706. The molecule has 1 aromatic heterocycles. The van der Waals surface area contributed by atoms with Crippen LogP contribution in [0.4, 0.5) is 0 Å². The molecule has 0 bridgehead atoms. The van der Waals surface area contributed by atoms with Crippen LogP contribution in [0.1, 0.15) is 29.4 Å². The van der Waals surface area contributed by atoms with Gasteiger partial charge in [-0.2, -0.15) is 0 Å². The summed E-state index contributed by atoms with van der Waals surface area (Å²) in [6, 6.07) is 0. The summed E-state index contributed by atoms with van der Waals surface area (Å²) in [6.07, 6.45) is 0.899. The number of rotatable bonds is 5. The smallest absolute Gasteiger partial charge is 0.310 e. The Balaban J connectivity index is 0.00000312. The number of esters is 1. The molecule has 2 atom stereocenters. The van der Waals surface area contributed by atoms with Crippen LogP contribution in [-0.2, 0) is 16.0 Å². The quantitative estimate of drug-likeness (QED) is 0.304. The van der Waals surface area contributed by atoms with Crippen molar-refractivity contribution in [3.8, 4) is 0 Å². The minimum atomic E-state index is -0.128. The molecule has 2 unspecified atom stereocenters. The monoisotopic (exact) mass is 480 g/mol. The van der Waals surface area contributed by atoms with Gasteiger partial charge in [0.05, 0.1) is 23.7 Å². The summed E-state index contributed by atoms with van der Waals surface area (Å²) >= 11 is 1.74. The number of carbonyl (C=O) groups is 1. The van der Waals surface area contributed by atoms with E-state index >= 15 is 0 Å². The summed E-state index contributed by atoms with van der Waals surface area (Å²) in [6.45, 7) is 11.3. The average Bonchev–Trinajstić information content (AvgIpc) is 3.08. The van der Waals surface area contributed by atoms with Gasteiger partial charge in [0.15, 0.2) is 5.96 Å². The zero-order valence-electron chi connectivity index (χ0n) is 15.7. The molecule has 0 saturated carbocycles. The molecule has 1 fully saturated rings. The summed E-state index contributed by atoms with van der Waals surface area (Å²) in [7, 11) is 1.45. The molecular formula is C17H29IN4O2S. The van der Waals surface area contributed by atoms with Gasteiger partial charge in [0, 0.05) is 37.5 Å². The van der Waals surface area contributed by atoms with Crippen LogP contribution in [0, 0.1) is 25.7 Å². The third-order valence-electron chi connectivity index (χ3n) is 4.35. The van der Waals surface area contributed by atoms with Crippen molar-refractivity contribution in [2.45, 2.75) is 34.1 Å². The second kappa shape index (κ2) is 10.3. The second-order valence-corrected chi connectivity index (χ2v) is 7.53. The van der Waals surface area contributed by atoms with Gasteiger partial charge in [-0.15, -0.1) is 35.3 Å². The highest BCUT2D eigenvalue weighted by Crippen LogP contribution is 2.24. The minimum Gasteiger partial charge on any atom is -0.469 e. The number of nitrogens with zero attached hydrogens (tertiary/aromatic N) is 3. The largest absolute Gasteiger partial charge is 0.469 e. The van der Waals surface area contributed by atoms with Gasteiger partial charge in [-0.1, -0.05) is 6.92 Å². The van der Waals surface area contributed by atoms with Crippen LogP contribution in [0.2, 0.25) is 0 Å². The highest BCUT2D eigenvalue weighted by Gasteiger charge is 2.36. The normalized spacial score (nSPS) is 20.4. The maximum Gasteiger partial charge on any atom is 0.310 e. The molecule has 1 aromatic rings. The van der Waals surface area contributed by atoms with Crippen LogP contribution in [-0.4, -0.2) is 55.1 Å². The molecule has 0 aliphatic carbocycles. The Morgan fingerprint density at radius 2 is 2.16 bits per heavy atom. The van der Waals surface area contributed by atoms with Gasteiger partial charge in [0.2, 0.25) is 0 Å². The van der Waals surface area contributed by atoms with E-state index in [0.717, 1.165) is 42.7 Å². The number of halogens is 1. The van der Waals surface area contributed by atoms with Crippen molar-refractivity contribution in [3.63, 3.8) is 0 Å². The van der Waals surface area contributed by atoms with Crippen molar-refractivity contribution in [2.24, 2.45) is 16.8 Å². The van der Waals surface area contributed by atoms with E-state index in [1.165, 1.54) is 12.0 Å². The van der Waals surface area contributed by atoms with Crippen LogP contribution in [0.25, 0.3) is 0 Å². The lowest BCUT2D eigenvalue weighted by Crippen LogP contribution is -2.40. The van der Waals surface area contributed by atoms with E-state index in [2.05, 4.69) is 36.0 Å². The summed E-state index contributed by atoms with van der Waals surface area (Å²) < 4.78 is 4.92. The number of thiazole rings is 1. The molecule has 0 amide bonds. The van der Waals surface area contributed by atoms with Crippen molar-refractivity contribution in [3.05, 3.63) is 15.6 Å². The van der Waals surface area contributed by atoms with E-state index in [1.807, 2.05) is 6.92 Å². The Labute approximate surface area is 171 Å². The van der Waals surface area contributed by atoms with E-state index in [4.69, 9.17) is 9.73 Å². The number of guanidine groups is 1. The van der Waals surface area contributed by atoms with E-state index in [9.17, 15) is 4.79 Å². The van der Waals surface area contributed by atoms with Crippen molar-refractivity contribution in [1.29, 1.82) is 0 Å². The Bertz CT molecular complexity index is 605. The van der Waals surface area contributed by atoms with Crippen molar-refractivity contribution < 1.29 is 9.53 Å². The number of hydrogen-bond donors (Lipinski definition) is 1. The minimum absolute atomic E-state index is 0. The lowest BCUT2D eigenvalue weighted by Gasteiger charge is -2.21. The number of aryl methyl sites for hydroxylation is 2. The molecule has 25 heavy (non-hydrogen) atoms. The predicted octanol–water partition coefficient (Wildman–Crippen LogP) is 2.63. The lowest BCUT2D eigenvalue weighted by molar-refractivity contribution is -0.145. The summed E-state index contributed by atoms with van der Waals surface area (Å²) in [4.78, 5) is 24.6. The molecular weight excluding hydrogens is 451 g/mol. The van der Waals surface area contributed by atoms with Crippen LogP contribution in [0.5, 0.6) is 0 Å². The number of likely N-dealkylation sites (tertiary alicyclic amines) is 1. The molecule has 142 valence electrons. The third kappa shape index (κ3) is 5.80. The van der Waals surface area contributed by atoms with Gasteiger partial charge in [-0.3, -0.25) is 9.79 Å². The first kappa shape index (κ1) is 22.1. The molecule has 1 N–H and O–H groups in total. The Morgan fingerprint density at radius 1 is 1.44 bits per heavy atom. The number of carbonyl (C=O) groups excluding carboxylic acids is 1. The molecule has 0 spiro atoms. The molecule has 2 heterocycles. The van der Waals surface area contributed by atoms with Crippen molar-refractivity contribution in [2.75, 3.05) is 33.3 Å². The molecule has 1 aliphatic rings. The maximum atomic E-state index is 11.9. The van der Waals surface area contributed by atoms with E-state index in [0.29, 0.717) is 6.54 Å². The van der Waals surface area contributed by atoms with Crippen LogP contribution in [0.3, 0.4) is 0 Å². The van der Waals surface area contributed by atoms with Crippen molar-refractivity contribution in [1.82, 2.24) is 15.2 Å². The first-order valence-electron chi connectivity index (χ1n) is 8.50. The number of ether oxygens (including phenoxy) is 1. The van der Waals surface area contributed by atoms with E-state index in [-0.39, 0.29) is 41.8 Å². The highest BCUT2D eigenvalue weighted by atomic mass is 127. The average molecular weight is 480 g/mol. The second-order valence-electron chi connectivity index (χ2n) is 6.24. The van der Waals surface area contributed by atoms with Crippen LogP contribution >= 0.6 is 35.3 Å². The SMILES string of the molecule is CCNC(=NCCc1sc(C)nc1C)N1CC(C)C(C(=O)OC)C1.I. The fourth-order valence-electron chi connectivity index (χ4n) is 3.09. The van der Waals surface area contributed by atoms with Gasteiger partial charge >= 0.3 is 5.97 Å². The number of hydrogen-bond acceptors (Lipinski definition) is 5.